The summed E-state index contributed by atoms with van der Waals surface area (Å²) >= 11 is 0. The van der Waals surface area contributed by atoms with E-state index >= 15 is 0 Å². The van der Waals surface area contributed by atoms with Crippen molar-refractivity contribution in [2.24, 2.45) is 0 Å². The number of carbonyl (C=O) groups excluding carboxylic acids is 1. The largest absolute Gasteiger partial charge is 0.394 e. The average molecular weight is 726 g/mol. The zero-order valence-electron chi connectivity index (χ0n) is 34.6. The molecule has 0 radical (unpaired) electrons. The van der Waals surface area contributed by atoms with Crippen LogP contribution in [0.3, 0.4) is 0 Å². The van der Waals surface area contributed by atoms with Crippen LogP contribution in [0.1, 0.15) is 219 Å². The van der Waals surface area contributed by atoms with Crippen molar-refractivity contribution in [2.75, 3.05) is 6.61 Å². The fraction of sp³-hybridized carbons (Fsp3) is 0.771. The van der Waals surface area contributed by atoms with Crippen molar-refractivity contribution in [1.82, 2.24) is 5.32 Å². The highest BCUT2D eigenvalue weighted by Gasteiger charge is 2.17. The lowest BCUT2D eigenvalue weighted by molar-refractivity contribution is -0.123. The molecule has 0 aromatic rings. The number of allylic oxidation sites excluding steroid dienone is 9. The first-order chi connectivity index (χ1) is 25.7. The van der Waals surface area contributed by atoms with Gasteiger partial charge in [-0.05, 0) is 77.0 Å². The Balaban J connectivity index is 3.66. The minimum atomic E-state index is -0.873. The maximum Gasteiger partial charge on any atom is 0.220 e. The maximum atomic E-state index is 12.4. The third kappa shape index (κ3) is 39.3. The Morgan fingerprint density at radius 2 is 0.808 bits per heavy atom. The molecule has 1 amide bonds. The van der Waals surface area contributed by atoms with Crippen LogP contribution >= 0.6 is 0 Å². The van der Waals surface area contributed by atoms with E-state index in [1.165, 1.54) is 154 Å². The summed E-state index contributed by atoms with van der Waals surface area (Å²) in [6.07, 6.45) is 60.4. The molecule has 0 saturated heterocycles. The number of amides is 1. The molecule has 0 aromatic carbocycles. The van der Waals surface area contributed by atoms with Gasteiger partial charge in [0.25, 0.3) is 0 Å². The van der Waals surface area contributed by atoms with Crippen molar-refractivity contribution in [1.29, 1.82) is 0 Å². The number of aliphatic hydroxyl groups excluding tert-OH is 2. The summed E-state index contributed by atoms with van der Waals surface area (Å²) in [4.78, 5) is 12.4. The predicted molar refractivity (Wildman–Crippen MR) is 230 cm³/mol. The Morgan fingerprint density at radius 1 is 0.462 bits per heavy atom. The topological polar surface area (TPSA) is 69.6 Å². The quantitative estimate of drug-likeness (QED) is 0.0435. The molecule has 0 rings (SSSR count). The molecular formula is C48H87NO3. The van der Waals surface area contributed by atoms with E-state index in [0.717, 1.165) is 44.9 Å². The van der Waals surface area contributed by atoms with Crippen LogP contribution in [0.4, 0.5) is 0 Å². The summed E-state index contributed by atoms with van der Waals surface area (Å²) < 4.78 is 0. The number of aliphatic hydroxyl groups is 2. The van der Waals surface area contributed by atoms with Crippen molar-refractivity contribution in [3.05, 3.63) is 60.8 Å². The van der Waals surface area contributed by atoms with Gasteiger partial charge >= 0.3 is 0 Å². The molecule has 0 fully saturated rings. The van der Waals surface area contributed by atoms with Crippen LogP contribution in [-0.4, -0.2) is 34.9 Å². The molecule has 302 valence electrons. The van der Waals surface area contributed by atoms with E-state index in [2.05, 4.69) is 67.8 Å². The second-order valence-electron chi connectivity index (χ2n) is 15.1. The van der Waals surface area contributed by atoms with Gasteiger partial charge in [-0.1, -0.05) is 197 Å². The van der Waals surface area contributed by atoms with E-state index in [9.17, 15) is 15.0 Å². The second kappa shape index (κ2) is 43.5. The van der Waals surface area contributed by atoms with E-state index in [1.807, 2.05) is 6.08 Å². The van der Waals surface area contributed by atoms with Crippen LogP contribution in [0, 0.1) is 0 Å². The Kier molecular flexibility index (Phi) is 41.9. The number of nitrogens with one attached hydrogen (secondary N) is 1. The van der Waals surface area contributed by atoms with Crippen LogP contribution in [-0.2, 0) is 4.79 Å². The molecular weight excluding hydrogens is 639 g/mol. The zero-order chi connectivity index (χ0) is 37.8. The van der Waals surface area contributed by atoms with Gasteiger partial charge in [-0.25, -0.2) is 0 Å². The highest BCUT2D eigenvalue weighted by atomic mass is 16.3. The maximum absolute atomic E-state index is 12.4. The highest BCUT2D eigenvalue weighted by Crippen LogP contribution is 2.13. The van der Waals surface area contributed by atoms with Gasteiger partial charge in [0, 0.05) is 6.42 Å². The molecule has 0 bridgehead atoms. The third-order valence-electron chi connectivity index (χ3n) is 9.95. The monoisotopic (exact) mass is 726 g/mol. The smallest absolute Gasteiger partial charge is 0.220 e. The van der Waals surface area contributed by atoms with E-state index < -0.39 is 12.1 Å². The van der Waals surface area contributed by atoms with Gasteiger partial charge in [-0.15, -0.1) is 0 Å². The SMILES string of the molecule is CCCCCCC/C=C\C/C=C\CCCCCCCCCCCC(=O)NC(CO)C(O)/C=C/CC/C=C/CC/C=C/CCCCCCCCCCC. The van der Waals surface area contributed by atoms with Crippen LogP contribution in [0.25, 0.3) is 0 Å². The zero-order valence-corrected chi connectivity index (χ0v) is 34.6. The lowest BCUT2D eigenvalue weighted by Crippen LogP contribution is -2.45. The lowest BCUT2D eigenvalue weighted by atomic mass is 10.1. The predicted octanol–water partition coefficient (Wildman–Crippen LogP) is 14.1. The van der Waals surface area contributed by atoms with Gasteiger partial charge in [0.1, 0.15) is 0 Å². The molecule has 0 aliphatic carbocycles. The van der Waals surface area contributed by atoms with Crippen LogP contribution < -0.4 is 5.32 Å². The van der Waals surface area contributed by atoms with E-state index in [4.69, 9.17) is 0 Å². The first kappa shape index (κ1) is 50.1. The van der Waals surface area contributed by atoms with Crippen LogP contribution in [0.15, 0.2) is 60.8 Å². The summed E-state index contributed by atoms with van der Waals surface area (Å²) in [5.41, 5.74) is 0. The van der Waals surface area contributed by atoms with Crippen molar-refractivity contribution < 1.29 is 15.0 Å². The lowest BCUT2D eigenvalue weighted by Gasteiger charge is -2.19. The third-order valence-corrected chi connectivity index (χ3v) is 9.95. The average Bonchev–Trinajstić information content (AvgIpc) is 3.15. The number of rotatable bonds is 40. The molecule has 0 aliphatic heterocycles. The van der Waals surface area contributed by atoms with Crippen molar-refractivity contribution in [3.63, 3.8) is 0 Å². The first-order valence-corrected chi connectivity index (χ1v) is 22.5. The highest BCUT2D eigenvalue weighted by molar-refractivity contribution is 5.76. The summed E-state index contributed by atoms with van der Waals surface area (Å²) in [6.45, 7) is 4.28. The number of hydrogen-bond donors (Lipinski definition) is 3. The van der Waals surface area contributed by atoms with Gasteiger partial charge in [-0.2, -0.15) is 0 Å². The van der Waals surface area contributed by atoms with Crippen LogP contribution in [0.5, 0.6) is 0 Å². The van der Waals surface area contributed by atoms with Crippen LogP contribution in [0.2, 0.25) is 0 Å². The normalized spacial score (nSPS) is 13.5. The van der Waals surface area contributed by atoms with E-state index in [-0.39, 0.29) is 12.5 Å². The standard InChI is InChI=1S/C48H87NO3/c1-3-5-7-9-11-13-15-17-19-21-23-24-26-28-30-32-34-36-38-40-42-44-48(52)49-46(45-50)47(51)43-41-39-37-35-33-31-29-27-25-22-20-18-16-14-12-10-8-6-4-2/h15,17,21,23,25,27,33,35,41,43,46-47,50-51H,3-14,16,18-20,22,24,26,28-32,34,36-40,42,44-45H2,1-2H3,(H,49,52)/b17-15-,23-21-,27-25+,35-33+,43-41+. The van der Waals surface area contributed by atoms with Gasteiger partial charge in [-0.3, -0.25) is 4.79 Å². The summed E-state index contributed by atoms with van der Waals surface area (Å²) in [5, 5.41) is 23.0. The molecule has 0 heterocycles. The molecule has 0 saturated carbocycles. The van der Waals surface area contributed by atoms with Crippen molar-refractivity contribution in [2.45, 2.75) is 231 Å². The number of unbranched alkanes of at least 4 members (excludes halogenated alkanes) is 25. The second-order valence-corrected chi connectivity index (χ2v) is 15.1. The van der Waals surface area contributed by atoms with Gasteiger partial charge in [0.05, 0.1) is 18.8 Å². The molecule has 0 aromatic heterocycles. The van der Waals surface area contributed by atoms with E-state index in [1.54, 1.807) is 6.08 Å². The van der Waals surface area contributed by atoms with Crippen molar-refractivity contribution in [3.8, 4) is 0 Å². The molecule has 2 unspecified atom stereocenters. The fourth-order valence-electron chi connectivity index (χ4n) is 6.47. The minimum absolute atomic E-state index is 0.0838. The molecule has 2 atom stereocenters. The van der Waals surface area contributed by atoms with Crippen molar-refractivity contribution >= 4 is 5.91 Å². The Bertz CT molecular complexity index is 873. The van der Waals surface area contributed by atoms with Gasteiger partial charge < -0.3 is 15.5 Å². The number of hydrogen-bond acceptors (Lipinski definition) is 3. The van der Waals surface area contributed by atoms with Gasteiger partial charge in [0.2, 0.25) is 5.91 Å². The first-order valence-electron chi connectivity index (χ1n) is 22.5. The number of carbonyl (C=O) groups is 1. The molecule has 0 aliphatic rings. The van der Waals surface area contributed by atoms with Gasteiger partial charge in [0.15, 0.2) is 0 Å². The van der Waals surface area contributed by atoms with E-state index in [0.29, 0.717) is 6.42 Å². The summed E-state index contributed by atoms with van der Waals surface area (Å²) in [6, 6.07) is -0.649. The minimum Gasteiger partial charge on any atom is -0.394 e. The molecule has 4 nitrogen and oxygen atoms in total. The Morgan fingerprint density at radius 3 is 1.23 bits per heavy atom. The molecule has 0 spiro atoms. The Labute approximate surface area is 324 Å². The molecule has 52 heavy (non-hydrogen) atoms. The summed E-state index contributed by atoms with van der Waals surface area (Å²) in [5.74, 6) is -0.0838. The fourth-order valence-corrected chi connectivity index (χ4v) is 6.47. The summed E-state index contributed by atoms with van der Waals surface area (Å²) in [7, 11) is 0. The Hall–Kier alpha value is -1.91. The molecule has 4 heteroatoms. The molecule has 3 N–H and O–H groups in total.